The maximum atomic E-state index is 12.7. The van der Waals surface area contributed by atoms with Crippen LogP contribution in [0.3, 0.4) is 0 Å². The van der Waals surface area contributed by atoms with Crippen molar-refractivity contribution in [3.63, 3.8) is 0 Å². The largest absolute Gasteiger partial charge is 0.496 e. The molecule has 8 heteroatoms. The second-order valence-corrected chi connectivity index (χ2v) is 6.75. The van der Waals surface area contributed by atoms with Crippen LogP contribution in [-0.4, -0.2) is 40.1 Å². The normalized spacial score (nSPS) is 11.0. The van der Waals surface area contributed by atoms with E-state index in [2.05, 4.69) is 10.1 Å². The first-order valence-corrected chi connectivity index (χ1v) is 9.96. The van der Waals surface area contributed by atoms with Crippen molar-refractivity contribution in [1.82, 2.24) is 19.3 Å². The summed E-state index contributed by atoms with van der Waals surface area (Å²) in [4.78, 5) is 17.3. The van der Waals surface area contributed by atoms with Crippen molar-refractivity contribution in [2.24, 2.45) is 7.05 Å². The SMILES string of the molecule is CC.COCCn1c(=O)n(C)c2c3cc(OC)c(-c4c(C)noc4C)cc3ncc21. The summed E-state index contributed by atoms with van der Waals surface area (Å²) >= 11 is 0. The molecule has 0 fully saturated rings. The molecular weight excluding hydrogens is 384 g/mol. The molecule has 0 radical (unpaired) electrons. The van der Waals surface area contributed by atoms with Gasteiger partial charge in [-0.15, -0.1) is 0 Å². The fourth-order valence-electron chi connectivity index (χ4n) is 3.75. The summed E-state index contributed by atoms with van der Waals surface area (Å²) in [5.41, 5.74) is 4.79. The van der Waals surface area contributed by atoms with Gasteiger partial charge in [-0.05, 0) is 26.0 Å². The summed E-state index contributed by atoms with van der Waals surface area (Å²) in [6, 6.07) is 3.88. The Morgan fingerprint density at radius 2 is 1.90 bits per heavy atom. The average Bonchev–Trinajstić information content (AvgIpc) is 3.22. The van der Waals surface area contributed by atoms with E-state index >= 15 is 0 Å². The van der Waals surface area contributed by atoms with Gasteiger partial charge < -0.3 is 14.0 Å². The van der Waals surface area contributed by atoms with Crippen LogP contribution in [0.2, 0.25) is 0 Å². The van der Waals surface area contributed by atoms with Gasteiger partial charge in [0.2, 0.25) is 0 Å². The zero-order chi connectivity index (χ0) is 22.0. The summed E-state index contributed by atoms with van der Waals surface area (Å²) in [5.74, 6) is 1.39. The first-order chi connectivity index (χ1) is 14.5. The molecule has 0 saturated carbocycles. The Bertz CT molecular complexity index is 1230. The van der Waals surface area contributed by atoms with Crippen molar-refractivity contribution in [2.45, 2.75) is 34.2 Å². The van der Waals surface area contributed by atoms with E-state index in [9.17, 15) is 4.79 Å². The lowest BCUT2D eigenvalue weighted by atomic mass is 10.0. The van der Waals surface area contributed by atoms with Crippen molar-refractivity contribution in [1.29, 1.82) is 0 Å². The van der Waals surface area contributed by atoms with Crippen LogP contribution in [-0.2, 0) is 18.3 Å². The van der Waals surface area contributed by atoms with Crippen LogP contribution < -0.4 is 10.4 Å². The number of fused-ring (bicyclic) bond motifs is 3. The topological polar surface area (TPSA) is 84.3 Å². The van der Waals surface area contributed by atoms with E-state index in [1.165, 1.54) is 0 Å². The van der Waals surface area contributed by atoms with E-state index in [0.29, 0.717) is 24.7 Å². The lowest BCUT2D eigenvalue weighted by molar-refractivity contribution is 0.187. The van der Waals surface area contributed by atoms with Crippen LogP contribution in [0.1, 0.15) is 25.3 Å². The molecule has 0 spiro atoms. The minimum atomic E-state index is -0.102. The Hall–Kier alpha value is -3.13. The fourth-order valence-corrected chi connectivity index (χ4v) is 3.75. The number of aryl methyl sites for hydroxylation is 3. The number of nitrogens with zero attached hydrogens (tertiary/aromatic N) is 4. The second kappa shape index (κ2) is 8.71. The smallest absolute Gasteiger partial charge is 0.328 e. The van der Waals surface area contributed by atoms with Gasteiger partial charge >= 0.3 is 5.69 Å². The lowest BCUT2D eigenvalue weighted by Crippen LogP contribution is -2.23. The van der Waals surface area contributed by atoms with Gasteiger partial charge in [0.15, 0.2) is 0 Å². The second-order valence-electron chi connectivity index (χ2n) is 6.75. The Morgan fingerprint density at radius 1 is 1.17 bits per heavy atom. The first kappa shape index (κ1) is 21.6. The number of methoxy groups -OCH3 is 2. The molecule has 4 rings (SSSR count). The summed E-state index contributed by atoms with van der Waals surface area (Å²) in [7, 11) is 5.01. The van der Waals surface area contributed by atoms with E-state index in [1.807, 2.05) is 39.8 Å². The number of hydrogen-bond acceptors (Lipinski definition) is 6. The molecule has 0 amide bonds. The van der Waals surface area contributed by atoms with Gasteiger partial charge in [0.25, 0.3) is 0 Å². The number of benzene rings is 1. The Labute approximate surface area is 175 Å². The number of ether oxygens (including phenoxy) is 2. The maximum absolute atomic E-state index is 12.7. The molecule has 8 nitrogen and oxygen atoms in total. The predicted molar refractivity (Wildman–Crippen MR) is 117 cm³/mol. The van der Waals surface area contributed by atoms with Gasteiger partial charge in [-0.1, -0.05) is 19.0 Å². The van der Waals surface area contributed by atoms with Crippen molar-refractivity contribution in [3.05, 3.63) is 40.3 Å². The monoisotopic (exact) mass is 412 g/mol. The minimum absolute atomic E-state index is 0.102. The van der Waals surface area contributed by atoms with Crippen molar-refractivity contribution < 1.29 is 14.0 Å². The van der Waals surface area contributed by atoms with Crippen LogP contribution in [0.5, 0.6) is 5.75 Å². The summed E-state index contributed by atoms with van der Waals surface area (Å²) in [6.07, 6.45) is 1.73. The molecule has 0 saturated heterocycles. The molecule has 0 N–H and O–H groups in total. The zero-order valence-corrected chi connectivity index (χ0v) is 18.6. The van der Waals surface area contributed by atoms with Crippen LogP contribution in [0.25, 0.3) is 33.1 Å². The molecule has 3 heterocycles. The van der Waals surface area contributed by atoms with E-state index in [-0.39, 0.29) is 5.69 Å². The van der Waals surface area contributed by atoms with Gasteiger partial charge in [0.05, 0.1) is 54.3 Å². The van der Waals surface area contributed by atoms with Gasteiger partial charge in [-0.25, -0.2) is 4.79 Å². The van der Waals surface area contributed by atoms with Crippen molar-refractivity contribution >= 4 is 21.9 Å². The Morgan fingerprint density at radius 3 is 2.50 bits per heavy atom. The van der Waals surface area contributed by atoms with E-state index in [4.69, 9.17) is 14.0 Å². The molecule has 0 aliphatic rings. The standard InChI is InChI=1S/C20H22N4O4.C2H6/c1-11-18(12(2)28-22-11)14-8-15-13(9-17(14)27-5)19-16(10-21-15)24(6-7-26-4)20(25)23(19)3;1-2/h8-10H,6-7H2,1-5H3;1-2H3. The number of hydrogen-bond donors (Lipinski definition) is 0. The molecule has 0 bridgehead atoms. The highest BCUT2D eigenvalue weighted by atomic mass is 16.5. The minimum Gasteiger partial charge on any atom is -0.496 e. The number of imidazole rings is 1. The summed E-state index contributed by atoms with van der Waals surface area (Å²) in [6.45, 7) is 8.68. The van der Waals surface area contributed by atoms with Crippen molar-refractivity contribution in [3.8, 4) is 16.9 Å². The number of pyridine rings is 1. The number of aromatic nitrogens is 4. The summed E-state index contributed by atoms with van der Waals surface area (Å²) in [5, 5.41) is 4.89. The molecule has 0 atom stereocenters. The average molecular weight is 412 g/mol. The molecule has 3 aromatic heterocycles. The fraction of sp³-hybridized carbons (Fsp3) is 0.409. The zero-order valence-electron chi connectivity index (χ0n) is 18.6. The predicted octanol–water partition coefficient (Wildman–Crippen LogP) is 3.84. The highest BCUT2D eigenvalue weighted by molar-refractivity contribution is 6.05. The molecule has 160 valence electrons. The Balaban J connectivity index is 0.00000124. The molecule has 0 unspecified atom stereocenters. The first-order valence-electron chi connectivity index (χ1n) is 9.96. The van der Waals surface area contributed by atoms with Crippen LogP contribution >= 0.6 is 0 Å². The van der Waals surface area contributed by atoms with Crippen LogP contribution in [0.15, 0.2) is 27.6 Å². The molecule has 1 aromatic carbocycles. The molecule has 0 aliphatic carbocycles. The highest BCUT2D eigenvalue weighted by Crippen LogP contribution is 2.38. The molecule has 0 aliphatic heterocycles. The van der Waals surface area contributed by atoms with Crippen LogP contribution in [0.4, 0.5) is 0 Å². The van der Waals surface area contributed by atoms with E-state index in [0.717, 1.165) is 38.8 Å². The quantitative estimate of drug-likeness (QED) is 0.495. The van der Waals surface area contributed by atoms with Gasteiger partial charge in [-0.3, -0.25) is 14.1 Å². The Kier molecular flexibility index (Phi) is 6.26. The molecule has 30 heavy (non-hydrogen) atoms. The van der Waals surface area contributed by atoms with Crippen molar-refractivity contribution in [2.75, 3.05) is 20.8 Å². The number of rotatable bonds is 5. The van der Waals surface area contributed by atoms with E-state index < -0.39 is 0 Å². The lowest BCUT2D eigenvalue weighted by Gasteiger charge is -2.11. The third-order valence-electron chi connectivity index (χ3n) is 5.11. The van der Waals surface area contributed by atoms with Gasteiger partial charge in [-0.2, -0.15) is 0 Å². The third-order valence-corrected chi connectivity index (χ3v) is 5.11. The summed E-state index contributed by atoms with van der Waals surface area (Å²) < 4.78 is 19.4. The third kappa shape index (κ3) is 3.37. The van der Waals surface area contributed by atoms with E-state index in [1.54, 1.807) is 36.6 Å². The molecule has 4 aromatic rings. The van der Waals surface area contributed by atoms with Gasteiger partial charge in [0, 0.05) is 25.1 Å². The van der Waals surface area contributed by atoms with Crippen LogP contribution in [0, 0.1) is 13.8 Å². The highest BCUT2D eigenvalue weighted by Gasteiger charge is 2.20. The maximum Gasteiger partial charge on any atom is 0.328 e. The van der Waals surface area contributed by atoms with Gasteiger partial charge in [0.1, 0.15) is 11.5 Å². The molecular formula is C22H28N4O4.